The molecular weight excluding hydrogens is 254 g/mol. The van der Waals surface area contributed by atoms with Crippen molar-refractivity contribution in [3.05, 3.63) is 60.7 Å². The number of nitrogens with one attached hydrogen (secondary N) is 1. The van der Waals surface area contributed by atoms with Crippen molar-refractivity contribution in [1.29, 1.82) is 0 Å². The van der Waals surface area contributed by atoms with Crippen LogP contribution < -0.4 is 5.32 Å². The molecular formula is C20H27N. The van der Waals surface area contributed by atoms with Gasteiger partial charge in [-0.3, -0.25) is 0 Å². The summed E-state index contributed by atoms with van der Waals surface area (Å²) in [6.07, 6.45) is 9.40. The van der Waals surface area contributed by atoms with Crippen LogP contribution in [-0.4, -0.2) is 13.1 Å². The van der Waals surface area contributed by atoms with E-state index in [2.05, 4.69) is 61.4 Å². The Morgan fingerprint density at radius 2 is 1.86 bits per heavy atom. The lowest BCUT2D eigenvalue weighted by Crippen LogP contribution is -2.27. The van der Waals surface area contributed by atoms with Crippen molar-refractivity contribution < 1.29 is 0 Å². The summed E-state index contributed by atoms with van der Waals surface area (Å²) in [4.78, 5) is 0. The molecule has 112 valence electrons. The van der Waals surface area contributed by atoms with Gasteiger partial charge in [0.25, 0.3) is 0 Å². The molecule has 0 bridgehead atoms. The second-order valence-corrected chi connectivity index (χ2v) is 5.75. The monoisotopic (exact) mass is 281 g/mol. The molecule has 0 aromatic heterocycles. The SMILES string of the molecule is C=CCCCCCC(Cc1cccc2ccccc12)NC. The van der Waals surface area contributed by atoms with Crippen LogP contribution in [0.2, 0.25) is 0 Å². The Morgan fingerprint density at radius 3 is 2.67 bits per heavy atom. The first kappa shape index (κ1) is 15.8. The standard InChI is InChI=1S/C20H27N/c1-3-4-5-6-7-14-19(21-2)16-18-13-10-12-17-11-8-9-15-20(17)18/h3,8-13,15,19,21H,1,4-7,14,16H2,2H3. The molecule has 1 atom stereocenters. The zero-order chi connectivity index (χ0) is 14.9. The Labute approximate surface area is 129 Å². The van der Waals surface area contributed by atoms with Crippen LogP contribution in [0.3, 0.4) is 0 Å². The number of likely N-dealkylation sites (N-methyl/N-ethyl adjacent to an activating group) is 1. The highest BCUT2D eigenvalue weighted by atomic mass is 14.9. The van der Waals surface area contributed by atoms with Gasteiger partial charge in [0, 0.05) is 6.04 Å². The van der Waals surface area contributed by atoms with Gasteiger partial charge in [0.15, 0.2) is 0 Å². The van der Waals surface area contributed by atoms with E-state index in [0.29, 0.717) is 6.04 Å². The van der Waals surface area contributed by atoms with Crippen molar-refractivity contribution in [3.8, 4) is 0 Å². The van der Waals surface area contributed by atoms with E-state index < -0.39 is 0 Å². The number of rotatable bonds is 9. The third-order valence-electron chi connectivity index (χ3n) is 4.22. The molecule has 0 aliphatic heterocycles. The molecule has 1 N–H and O–H groups in total. The molecule has 1 nitrogen and oxygen atoms in total. The maximum Gasteiger partial charge on any atom is 0.0105 e. The average molecular weight is 281 g/mol. The summed E-state index contributed by atoms with van der Waals surface area (Å²) in [5.41, 5.74) is 1.46. The van der Waals surface area contributed by atoms with Crippen molar-refractivity contribution in [3.63, 3.8) is 0 Å². The Hall–Kier alpha value is -1.60. The maximum atomic E-state index is 3.78. The van der Waals surface area contributed by atoms with Gasteiger partial charge < -0.3 is 5.32 Å². The van der Waals surface area contributed by atoms with Crippen LogP contribution in [-0.2, 0) is 6.42 Å². The number of hydrogen-bond donors (Lipinski definition) is 1. The predicted octanol–water partition coefficient (Wildman–Crippen LogP) is 5.11. The molecule has 0 radical (unpaired) electrons. The molecule has 0 saturated carbocycles. The van der Waals surface area contributed by atoms with Crippen molar-refractivity contribution >= 4 is 10.8 Å². The first-order valence-electron chi connectivity index (χ1n) is 8.10. The normalized spacial score (nSPS) is 12.4. The largest absolute Gasteiger partial charge is 0.317 e. The topological polar surface area (TPSA) is 12.0 Å². The fraction of sp³-hybridized carbons (Fsp3) is 0.400. The van der Waals surface area contributed by atoms with E-state index in [1.165, 1.54) is 42.0 Å². The summed E-state index contributed by atoms with van der Waals surface area (Å²) in [6, 6.07) is 15.9. The molecule has 0 aliphatic rings. The number of unbranched alkanes of at least 4 members (excludes halogenated alkanes) is 3. The van der Waals surface area contributed by atoms with Crippen molar-refractivity contribution in [2.45, 2.75) is 44.6 Å². The van der Waals surface area contributed by atoms with Crippen LogP contribution in [0.1, 0.15) is 37.7 Å². The van der Waals surface area contributed by atoms with Crippen LogP contribution in [0.5, 0.6) is 0 Å². The van der Waals surface area contributed by atoms with E-state index in [4.69, 9.17) is 0 Å². The molecule has 2 rings (SSSR count). The molecule has 0 saturated heterocycles. The lowest BCUT2D eigenvalue weighted by atomic mass is 9.96. The first-order chi connectivity index (χ1) is 10.3. The average Bonchev–Trinajstić information content (AvgIpc) is 2.53. The van der Waals surface area contributed by atoms with Crippen LogP contribution >= 0.6 is 0 Å². The number of allylic oxidation sites excluding steroid dienone is 1. The molecule has 0 heterocycles. The van der Waals surface area contributed by atoms with Crippen LogP contribution in [0.15, 0.2) is 55.1 Å². The summed E-state index contributed by atoms with van der Waals surface area (Å²) in [6.45, 7) is 3.78. The Bertz CT molecular complexity index is 553. The van der Waals surface area contributed by atoms with Crippen LogP contribution in [0, 0.1) is 0 Å². The van der Waals surface area contributed by atoms with E-state index in [9.17, 15) is 0 Å². The Morgan fingerprint density at radius 1 is 1.05 bits per heavy atom. The van der Waals surface area contributed by atoms with E-state index in [1.807, 2.05) is 6.08 Å². The summed E-state index contributed by atoms with van der Waals surface area (Å²) in [5.74, 6) is 0. The van der Waals surface area contributed by atoms with Gasteiger partial charge in [-0.25, -0.2) is 0 Å². The van der Waals surface area contributed by atoms with Gasteiger partial charge in [-0.05, 0) is 49.1 Å². The minimum atomic E-state index is 0.569. The Balaban J connectivity index is 1.95. The summed E-state index contributed by atoms with van der Waals surface area (Å²) in [5, 5.41) is 6.22. The molecule has 0 fully saturated rings. The molecule has 21 heavy (non-hydrogen) atoms. The van der Waals surface area contributed by atoms with E-state index >= 15 is 0 Å². The zero-order valence-electron chi connectivity index (χ0n) is 13.1. The van der Waals surface area contributed by atoms with Gasteiger partial charge in [0.1, 0.15) is 0 Å². The van der Waals surface area contributed by atoms with Gasteiger partial charge in [-0.15, -0.1) is 6.58 Å². The van der Waals surface area contributed by atoms with E-state index in [0.717, 1.165) is 12.8 Å². The number of hydrogen-bond acceptors (Lipinski definition) is 1. The van der Waals surface area contributed by atoms with Gasteiger partial charge in [0.05, 0.1) is 0 Å². The number of benzene rings is 2. The lowest BCUT2D eigenvalue weighted by molar-refractivity contribution is 0.488. The summed E-state index contributed by atoms with van der Waals surface area (Å²) >= 11 is 0. The second-order valence-electron chi connectivity index (χ2n) is 5.75. The minimum absolute atomic E-state index is 0.569. The van der Waals surface area contributed by atoms with Crippen molar-refractivity contribution in [2.24, 2.45) is 0 Å². The third-order valence-corrected chi connectivity index (χ3v) is 4.22. The quantitative estimate of drug-likeness (QED) is 0.497. The van der Waals surface area contributed by atoms with Gasteiger partial charge in [-0.1, -0.05) is 61.4 Å². The first-order valence-corrected chi connectivity index (χ1v) is 8.10. The minimum Gasteiger partial charge on any atom is -0.317 e. The van der Waals surface area contributed by atoms with Crippen molar-refractivity contribution in [2.75, 3.05) is 7.05 Å². The zero-order valence-corrected chi connectivity index (χ0v) is 13.1. The maximum absolute atomic E-state index is 3.78. The molecule has 2 aromatic carbocycles. The molecule has 0 spiro atoms. The van der Waals surface area contributed by atoms with Crippen LogP contribution in [0.25, 0.3) is 10.8 Å². The molecule has 0 aliphatic carbocycles. The third kappa shape index (κ3) is 4.71. The van der Waals surface area contributed by atoms with Gasteiger partial charge in [-0.2, -0.15) is 0 Å². The predicted molar refractivity (Wildman–Crippen MR) is 93.8 cm³/mol. The smallest absolute Gasteiger partial charge is 0.0105 e. The van der Waals surface area contributed by atoms with Crippen molar-refractivity contribution in [1.82, 2.24) is 5.32 Å². The highest BCUT2D eigenvalue weighted by Crippen LogP contribution is 2.21. The molecule has 1 unspecified atom stereocenters. The van der Waals surface area contributed by atoms with Gasteiger partial charge >= 0.3 is 0 Å². The molecule has 1 heteroatoms. The summed E-state index contributed by atoms with van der Waals surface area (Å²) in [7, 11) is 2.08. The lowest BCUT2D eigenvalue weighted by Gasteiger charge is -2.17. The number of fused-ring (bicyclic) bond motifs is 1. The Kier molecular flexibility index (Phi) is 6.49. The second kappa shape index (κ2) is 8.63. The molecule has 2 aromatic rings. The molecule has 0 amide bonds. The fourth-order valence-corrected chi connectivity index (χ4v) is 2.94. The summed E-state index contributed by atoms with van der Waals surface area (Å²) < 4.78 is 0. The highest BCUT2D eigenvalue weighted by Gasteiger charge is 2.09. The fourth-order valence-electron chi connectivity index (χ4n) is 2.94. The van der Waals surface area contributed by atoms with E-state index in [-0.39, 0.29) is 0 Å². The van der Waals surface area contributed by atoms with E-state index in [1.54, 1.807) is 0 Å². The van der Waals surface area contributed by atoms with Gasteiger partial charge in [0.2, 0.25) is 0 Å². The van der Waals surface area contributed by atoms with Crippen LogP contribution in [0.4, 0.5) is 0 Å². The highest BCUT2D eigenvalue weighted by molar-refractivity contribution is 5.85.